The third kappa shape index (κ3) is 2.40. The van der Waals surface area contributed by atoms with E-state index in [0.29, 0.717) is 17.9 Å². The number of imidazole rings is 1. The molecule has 2 aromatic rings. The number of hydrogen-bond acceptors (Lipinski definition) is 4. The van der Waals surface area contributed by atoms with Crippen molar-refractivity contribution in [3.8, 4) is 0 Å². The number of pyridine rings is 1. The zero-order valence-electron chi connectivity index (χ0n) is 10.1. The molecule has 0 aliphatic heterocycles. The molecule has 98 valence electrons. The molecule has 18 heavy (non-hydrogen) atoms. The Morgan fingerprint density at radius 2 is 2.22 bits per heavy atom. The van der Waals surface area contributed by atoms with Crippen LogP contribution in [0.4, 0.5) is 14.6 Å². The van der Waals surface area contributed by atoms with E-state index in [1.165, 1.54) is 4.90 Å². The number of aryl methyl sites for hydroxylation is 1. The maximum atomic E-state index is 12.6. The van der Waals surface area contributed by atoms with Crippen LogP contribution in [0.2, 0.25) is 0 Å². The summed E-state index contributed by atoms with van der Waals surface area (Å²) < 4.78 is 26.9. The van der Waals surface area contributed by atoms with Crippen molar-refractivity contribution in [3.05, 3.63) is 18.6 Å². The molecule has 2 rings (SSSR count). The Kier molecular flexibility index (Phi) is 3.71. The van der Waals surface area contributed by atoms with E-state index in [9.17, 15) is 8.78 Å². The third-order valence-electron chi connectivity index (χ3n) is 2.68. The molecular formula is C11H15F2N5. The molecule has 0 unspecified atom stereocenters. The maximum Gasteiger partial charge on any atom is 0.255 e. The maximum absolute atomic E-state index is 12.6. The minimum atomic E-state index is -2.43. The summed E-state index contributed by atoms with van der Waals surface area (Å²) in [6.45, 7) is 0.227. The molecule has 0 amide bonds. The van der Waals surface area contributed by atoms with Crippen molar-refractivity contribution in [2.45, 2.75) is 6.43 Å². The predicted octanol–water partition coefficient (Wildman–Crippen LogP) is 0.998. The zero-order chi connectivity index (χ0) is 13.1. The van der Waals surface area contributed by atoms with Crippen LogP contribution in [0.15, 0.2) is 18.6 Å². The topological polar surface area (TPSA) is 60.0 Å². The lowest BCUT2D eigenvalue weighted by Crippen LogP contribution is -2.34. The van der Waals surface area contributed by atoms with E-state index in [1.807, 2.05) is 11.6 Å². The summed E-state index contributed by atoms with van der Waals surface area (Å²) in [5.41, 5.74) is 6.93. The van der Waals surface area contributed by atoms with Crippen LogP contribution in [0.3, 0.4) is 0 Å². The molecule has 0 saturated heterocycles. The number of anilines is 1. The van der Waals surface area contributed by atoms with Crippen LogP contribution >= 0.6 is 0 Å². The highest BCUT2D eigenvalue weighted by molar-refractivity contribution is 5.86. The smallest absolute Gasteiger partial charge is 0.255 e. The van der Waals surface area contributed by atoms with Gasteiger partial charge in [-0.05, 0) is 6.07 Å². The van der Waals surface area contributed by atoms with Crippen molar-refractivity contribution < 1.29 is 8.78 Å². The van der Waals surface area contributed by atoms with Gasteiger partial charge in [-0.15, -0.1) is 0 Å². The van der Waals surface area contributed by atoms with Crippen LogP contribution in [0.1, 0.15) is 0 Å². The third-order valence-corrected chi connectivity index (χ3v) is 2.68. The number of halogens is 2. The van der Waals surface area contributed by atoms with Crippen LogP contribution in [0.25, 0.3) is 11.0 Å². The van der Waals surface area contributed by atoms with Gasteiger partial charge in [-0.1, -0.05) is 0 Å². The van der Waals surface area contributed by atoms with Gasteiger partial charge in [0.15, 0.2) is 5.82 Å². The molecule has 5 nitrogen and oxygen atoms in total. The van der Waals surface area contributed by atoms with Crippen molar-refractivity contribution in [1.29, 1.82) is 0 Å². The Morgan fingerprint density at radius 1 is 1.44 bits per heavy atom. The van der Waals surface area contributed by atoms with Gasteiger partial charge in [0.2, 0.25) is 0 Å². The van der Waals surface area contributed by atoms with Crippen LogP contribution in [-0.2, 0) is 7.05 Å². The highest BCUT2D eigenvalue weighted by atomic mass is 19.3. The van der Waals surface area contributed by atoms with E-state index >= 15 is 0 Å². The molecule has 2 heterocycles. The largest absolute Gasteiger partial charge is 0.348 e. The highest BCUT2D eigenvalue weighted by Gasteiger charge is 2.17. The van der Waals surface area contributed by atoms with Crippen LogP contribution in [-0.4, -0.2) is 40.6 Å². The summed E-state index contributed by atoms with van der Waals surface area (Å²) in [6, 6.07) is 1.80. The number of fused-ring (bicyclic) bond motifs is 1. The molecule has 7 heteroatoms. The first-order valence-electron chi connectivity index (χ1n) is 5.62. The minimum Gasteiger partial charge on any atom is -0.348 e. The summed E-state index contributed by atoms with van der Waals surface area (Å²) in [5.74, 6) is 0.457. The second-order valence-electron chi connectivity index (χ2n) is 3.98. The average Bonchev–Trinajstić information content (AvgIpc) is 2.70. The highest BCUT2D eigenvalue weighted by Crippen LogP contribution is 2.22. The molecule has 2 aromatic heterocycles. The van der Waals surface area contributed by atoms with Crippen molar-refractivity contribution in [2.24, 2.45) is 12.8 Å². The minimum absolute atomic E-state index is 0.289. The van der Waals surface area contributed by atoms with Crippen LogP contribution in [0, 0.1) is 0 Å². The van der Waals surface area contributed by atoms with E-state index < -0.39 is 6.43 Å². The molecule has 0 fully saturated rings. The Balaban J connectivity index is 2.43. The van der Waals surface area contributed by atoms with Gasteiger partial charge >= 0.3 is 0 Å². The fraction of sp³-hybridized carbons (Fsp3) is 0.455. The van der Waals surface area contributed by atoms with E-state index in [1.54, 1.807) is 18.6 Å². The predicted molar refractivity (Wildman–Crippen MR) is 65.8 cm³/mol. The molecule has 0 spiro atoms. The normalized spacial score (nSPS) is 11.4. The first-order chi connectivity index (χ1) is 8.63. The number of hydrogen-bond donors (Lipinski definition) is 1. The first-order valence-corrected chi connectivity index (χ1v) is 5.62. The summed E-state index contributed by atoms with van der Waals surface area (Å²) in [4.78, 5) is 9.83. The van der Waals surface area contributed by atoms with Gasteiger partial charge in [-0.3, -0.25) is 0 Å². The Bertz CT molecular complexity index is 525. The van der Waals surface area contributed by atoms with Gasteiger partial charge in [-0.25, -0.2) is 18.7 Å². The number of aromatic nitrogens is 3. The van der Waals surface area contributed by atoms with Crippen LogP contribution < -0.4 is 10.6 Å². The van der Waals surface area contributed by atoms with Crippen molar-refractivity contribution in [1.82, 2.24) is 14.5 Å². The van der Waals surface area contributed by atoms with E-state index in [4.69, 9.17) is 5.73 Å². The average molecular weight is 255 g/mol. The molecular weight excluding hydrogens is 240 g/mol. The molecule has 0 atom stereocenters. The molecule has 0 saturated carbocycles. The molecule has 0 radical (unpaired) electrons. The molecule has 0 bridgehead atoms. The van der Waals surface area contributed by atoms with Gasteiger partial charge in [0.1, 0.15) is 5.52 Å². The lowest BCUT2D eigenvalue weighted by atomic mass is 10.3. The number of rotatable bonds is 5. The Morgan fingerprint density at radius 3 is 2.89 bits per heavy atom. The van der Waals surface area contributed by atoms with E-state index in [0.717, 1.165) is 5.52 Å². The number of nitrogens with two attached hydrogens (primary N) is 1. The van der Waals surface area contributed by atoms with Gasteiger partial charge in [0, 0.05) is 26.3 Å². The van der Waals surface area contributed by atoms with Crippen LogP contribution in [0.5, 0.6) is 0 Å². The quantitative estimate of drug-likeness (QED) is 0.865. The van der Waals surface area contributed by atoms with E-state index in [2.05, 4.69) is 9.97 Å². The van der Waals surface area contributed by atoms with Gasteiger partial charge in [0.25, 0.3) is 6.43 Å². The van der Waals surface area contributed by atoms with Gasteiger partial charge < -0.3 is 15.2 Å². The Labute approximate surface area is 103 Å². The lowest BCUT2D eigenvalue weighted by molar-refractivity contribution is 0.155. The summed E-state index contributed by atoms with van der Waals surface area (Å²) in [7, 11) is 1.85. The Hall–Kier alpha value is -1.76. The summed E-state index contributed by atoms with van der Waals surface area (Å²) >= 11 is 0. The molecule has 0 aromatic carbocycles. The first kappa shape index (κ1) is 12.7. The monoisotopic (exact) mass is 255 g/mol. The van der Waals surface area contributed by atoms with Crippen molar-refractivity contribution in [3.63, 3.8) is 0 Å². The fourth-order valence-corrected chi connectivity index (χ4v) is 1.89. The fourth-order valence-electron chi connectivity index (χ4n) is 1.89. The second-order valence-corrected chi connectivity index (χ2v) is 3.98. The SMILES string of the molecule is Cn1cnc2c(N(CCN)CC(F)F)nccc21. The second kappa shape index (κ2) is 5.26. The molecule has 0 aliphatic rings. The van der Waals surface area contributed by atoms with Crippen molar-refractivity contribution in [2.75, 3.05) is 24.5 Å². The van der Waals surface area contributed by atoms with Gasteiger partial charge in [0.05, 0.1) is 18.4 Å². The van der Waals surface area contributed by atoms with Crippen molar-refractivity contribution >= 4 is 16.9 Å². The standard InChI is InChI=1S/C11H15F2N5/c1-17-7-16-10-8(17)2-4-15-11(10)18(5-3-14)6-9(12)13/h2,4,7,9H,3,5-6,14H2,1H3. The molecule has 2 N–H and O–H groups in total. The zero-order valence-corrected chi connectivity index (χ0v) is 10.1. The van der Waals surface area contributed by atoms with Gasteiger partial charge in [-0.2, -0.15) is 0 Å². The number of alkyl halides is 2. The summed E-state index contributed by atoms with van der Waals surface area (Å²) in [5, 5.41) is 0. The molecule has 0 aliphatic carbocycles. The summed E-state index contributed by atoms with van der Waals surface area (Å²) in [6.07, 6.45) is 0.796. The van der Waals surface area contributed by atoms with E-state index in [-0.39, 0.29) is 13.1 Å². The lowest BCUT2D eigenvalue weighted by Gasteiger charge is -2.22. The number of nitrogens with zero attached hydrogens (tertiary/aromatic N) is 4.